The Morgan fingerprint density at radius 1 is 1.22 bits per heavy atom. The monoisotopic (exact) mass is 248 g/mol. The number of hydrogen-bond donors (Lipinski definition) is 1. The summed E-state index contributed by atoms with van der Waals surface area (Å²) in [7, 11) is 1.31. The van der Waals surface area contributed by atoms with Gasteiger partial charge in [-0.3, -0.25) is 4.79 Å². The molecular formula is C14H16O4. The lowest BCUT2D eigenvalue weighted by Crippen LogP contribution is -2.34. The molecule has 1 aliphatic carbocycles. The van der Waals surface area contributed by atoms with Crippen LogP contribution in [-0.2, 0) is 14.9 Å². The maximum atomic E-state index is 11.7. The van der Waals surface area contributed by atoms with Gasteiger partial charge in [0.1, 0.15) is 0 Å². The fraction of sp³-hybridized carbons (Fsp3) is 0.429. The number of carbonyl (C=O) groups excluding carboxylic acids is 1. The Hall–Kier alpha value is -1.84. The van der Waals surface area contributed by atoms with E-state index in [0.717, 1.165) is 12.8 Å². The van der Waals surface area contributed by atoms with Crippen molar-refractivity contribution in [1.82, 2.24) is 0 Å². The van der Waals surface area contributed by atoms with Gasteiger partial charge in [0.05, 0.1) is 18.1 Å². The molecule has 1 fully saturated rings. The molecule has 1 saturated carbocycles. The highest BCUT2D eigenvalue weighted by molar-refractivity contribution is 5.94. The molecule has 0 unspecified atom stereocenters. The van der Waals surface area contributed by atoms with Crippen molar-refractivity contribution in [2.45, 2.75) is 31.1 Å². The summed E-state index contributed by atoms with van der Waals surface area (Å²) in [4.78, 5) is 23.4. The lowest BCUT2D eigenvalue weighted by molar-refractivity contribution is -0.143. The lowest BCUT2D eigenvalue weighted by Gasteiger charge is -2.26. The number of esters is 1. The number of carbonyl (C=O) groups is 2. The quantitative estimate of drug-likeness (QED) is 0.834. The summed E-state index contributed by atoms with van der Waals surface area (Å²) in [6.07, 6.45) is 2.91. The smallest absolute Gasteiger partial charge is 0.338 e. The molecular weight excluding hydrogens is 232 g/mol. The van der Waals surface area contributed by atoms with Crippen LogP contribution >= 0.6 is 0 Å². The average Bonchev–Trinajstić information content (AvgIpc) is 2.88. The van der Waals surface area contributed by atoms with E-state index >= 15 is 0 Å². The van der Waals surface area contributed by atoms with Gasteiger partial charge in [-0.2, -0.15) is 0 Å². The van der Waals surface area contributed by atoms with Gasteiger partial charge in [-0.25, -0.2) is 4.79 Å². The molecule has 0 aliphatic heterocycles. The van der Waals surface area contributed by atoms with E-state index in [1.165, 1.54) is 7.11 Å². The van der Waals surface area contributed by atoms with Gasteiger partial charge in [-0.15, -0.1) is 0 Å². The minimum absolute atomic E-state index is 0.365. The van der Waals surface area contributed by atoms with E-state index in [-0.39, 0.29) is 0 Å². The Balaban J connectivity index is 2.55. The fourth-order valence-corrected chi connectivity index (χ4v) is 2.77. The third-order valence-corrected chi connectivity index (χ3v) is 3.71. The van der Waals surface area contributed by atoms with E-state index < -0.39 is 17.4 Å². The van der Waals surface area contributed by atoms with Gasteiger partial charge in [0, 0.05) is 0 Å². The molecule has 2 rings (SSSR count). The molecule has 0 spiro atoms. The molecule has 1 aromatic carbocycles. The number of benzene rings is 1. The van der Waals surface area contributed by atoms with Crippen molar-refractivity contribution < 1.29 is 19.4 Å². The largest absolute Gasteiger partial charge is 0.481 e. The molecule has 0 radical (unpaired) electrons. The summed E-state index contributed by atoms with van der Waals surface area (Å²) in [5, 5.41) is 9.54. The third-order valence-electron chi connectivity index (χ3n) is 3.71. The molecule has 18 heavy (non-hydrogen) atoms. The molecule has 0 aromatic heterocycles. The van der Waals surface area contributed by atoms with E-state index in [2.05, 4.69) is 0 Å². The zero-order valence-corrected chi connectivity index (χ0v) is 10.3. The van der Waals surface area contributed by atoms with Crippen molar-refractivity contribution in [3.05, 3.63) is 35.4 Å². The van der Waals surface area contributed by atoms with E-state index in [9.17, 15) is 14.7 Å². The average molecular weight is 248 g/mol. The van der Waals surface area contributed by atoms with Gasteiger partial charge in [0.2, 0.25) is 0 Å². The Morgan fingerprint density at radius 3 is 2.39 bits per heavy atom. The first-order valence-electron chi connectivity index (χ1n) is 6.03. The number of rotatable bonds is 3. The molecule has 0 saturated heterocycles. The summed E-state index contributed by atoms with van der Waals surface area (Å²) >= 11 is 0. The van der Waals surface area contributed by atoms with Crippen LogP contribution in [-0.4, -0.2) is 24.2 Å². The van der Waals surface area contributed by atoms with E-state index in [0.29, 0.717) is 24.0 Å². The number of aliphatic carboxylic acids is 1. The van der Waals surface area contributed by atoms with Crippen LogP contribution in [0.4, 0.5) is 0 Å². The van der Waals surface area contributed by atoms with Crippen LogP contribution in [0.3, 0.4) is 0 Å². The predicted octanol–water partition coefficient (Wildman–Crippen LogP) is 2.37. The number of methoxy groups -OCH3 is 1. The predicted molar refractivity (Wildman–Crippen MR) is 65.6 cm³/mol. The molecule has 1 aliphatic rings. The molecule has 0 bridgehead atoms. The number of ether oxygens (including phenoxy) is 1. The van der Waals surface area contributed by atoms with Gasteiger partial charge in [0.15, 0.2) is 0 Å². The highest BCUT2D eigenvalue weighted by atomic mass is 16.5. The van der Waals surface area contributed by atoms with Crippen molar-refractivity contribution in [1.29, 1.82) is 0 Å². The van der Waals surface area contributed by atoms with Crippen molar-refractivity contribution in [3.8, 4) is 0 Å². The molecule has 0 heterocycles. The van der Waals surface area contributed by atoms with Crippen LogP contribution in [0.1, 0.15) is 41.6 Å². The first kappa shape index (κ1) is 12.6. The second-order valence-corrected chi connectivity index (χ2v) is 4.63. The lowest BCUT2D eigenvalue weighted by atomic mass is 9.76. The first-order chi connectivity index (χ1) is 8.62. The second kappa shape index (κ2) is 4.80. The molecule has 1 aromatic rings. The Morgan fingerprint density at radius 2 is 1.83 bits per heavy atom. The maximum absolute atomic E-state index is 11.7. The highest BCUT2D eigenvalue weighted by Crippen LogP contribution is 2.42. The molecule has 0 atom stereocenters. The number of hydrogen-bond acceptors (Lipinski definition) is 3. The minimum atomic E-state index is -0.926. The van der Waals surface area contributed by atoms with Gasteiger partial charge >= 0.3 is 11.9 Å². The highest BCUT2D eigenvalue weighted by Gasteiger charge is 2.44. The van der Waals surface area contributed by atoms with E-state index in [1.807, 2.05) is 0 Å². The molecule has 96 valence electrons. The van der Waals surface area contributed by atoms with Crippen LogP contribution in [0.25, 0.3) is 0 Å². The molecule has 4 heteroatoms. The Kier molecular flexibility index (Phi) is 3.36. The Labute approximate surface area is 106 Å². The van der Waals surface area contributed by atoms with Crippen LogP contribution in [0.2, 0.25) is 0 Å². The summed E-state index contributed by atoms with van der Waals surface area (Å²) < 4.78 is 4.73. The third kappa shape index (κ3) is 1.88. The normalized spacial score (nSPS) is 17.4. The topological polar surface area (TPSA) is 63.6 Å². The summed E-state index contributed by atoms with van der Waals surface area (Å²) in [6.45, 7) is 0. The molecule has 1 N–H and O–H groups in total. The fourth-order valence-electron chi connectivity index (χ4n) is 2.77. The summed E-state index contributed by atoms with van der Waals surface area (Å²) in [5.41, 5.74) is 0.0243. The standard InChI is InChI=1S/C14H16O4/c1-18-12(15)10-6-2-3-7-11(10)14(13(16)17)8-4-5-9-14/h2-3,6-7H,4-5,8-9H2,1H3,(H,16,17). The van der Waals surface area contributed by atoms with E-state index in [4.69, 9.17) is 4.74 Å². The second-order valence-electron chi connectivity index (χ2n) is 4.63. The number of carboxylic acid groups (broad SMARTS) is 1. The Bertz CT molecular complexity index is 472. The minimum Gasteiger partial charge on any atom is -0.481 e. The van der Waals surface area contributed by atoms with Gasteiger partial charge in [-0.05, 0) is 24.5 Å². The van der Waals surface area contributed by atoms with Gasteiger partial charge in [0.25, 0.3) is 0 Å². The van der Waals surface area contributed by atoms with Crippen molar-refractivity contribution in [2.75, 3.05) is 7.11 Å². The van der Waals surface area contributed by atoms with E-state index in [1.54, 1.807) is 24.3 Å². The van der Waals surface area contributed by atoms with Crippen molar-refractivity contribution in [3.63, 3.8) is 0 Å². The maximum Gasteiger partial charge on any atom is 0.338 e. The van der Waals surface area contributed by atoms with Crippen LogP contribution < -0.4 is 0 Å². The van der Waals surface area contributed by atoms with Gasteiger partial charge < -0.3 is 9.84 Å². The van der Waals surface area contributed by atoms with Crippen molar-refractivity contribution in [2.24, 2.45) is 0 Å². The summed E-state index contributed by atoms with van der Waals surface area (Å²) in [5.74, 6) is -1.32. The van der Waals surface area contributed by atoms with Crippen molar-refractivity contribution >= 4 is 11.9 Å². The first-order valence-corrected chi connectivity index (χ1v) is 6.03. The van der Waals surface area contributed by atoms with Crippen LogP contribution in [0, 0.1) is 0 Å². The van der Waals surface area contributed by atoms with Gasteiger partial charge in [-0.1, -0.05) is 31.0 Å². The molecule has 0 amide bonds. The SMILES string of the molecule is COC(=O)c1ccccc1C1(C(=O)O)CCCC1. The zero-order chi connectivity index (χ0) is 13.2. The summed E-state index contributed by atoms with van der Waals surface area (Å²) in [6, 6.07) is 6.85. The number of carboxylic acids is 1. The molecule has 4 nitrogen and oxygen atoms in total. The zero-order valence-electron chi connectivity index (χ0n) is 10.3. The van der Waals surface area contributed by atoms with Crippen LogP contribution in [0.15, 0.2) is 24.3 Å². The van der Waals surface area contributed by atoms with Crippen LogP contribution in [0.5, 0.6) is 0 Å².